The van der Waals surface area contributed by atoms with Crippen LogP contribution in [0.15, 0.2) is 35.6 Å². The molecule has 0 amide bonds. The molecule has 7 aliphatic rings. The zero-order valence-corrected chi connectivity index (χ0v) is 22.3. The van der Waals surface area contributed by atoms with Crippen molar-refractivity contribution in [2.24, 2.45) is 16.7 Å². The van der Waals surface area contributed by atoms with E-state index in [1.807, 2.05) is 0 Å². The Morgan fingerprint density at radius 3 is 2.64 bits per heavy atom. The van der Waals surface area contributed by atoms with Crippen LogP contribution in [0.3, 0.4) is 0 Å². The van der Waals surface area contributed by atoms with Crippen LogP contribution in [0.2, 0.25) is 0 Å². The van der Waals surface area contributed by atoms with Crippen LogP contribution < -0.4 is 0 Å². The maximum absolute atomic E-state index is 13.4. The van der Waals surface area contributed by atoms with Gasteiger partial charge in [-0.15, -0.1) is 0 Å². The number of carbonyl (C=O) groups is 2. The number of hydrogen-bond donors (Lipinski definition) is 2. The Kier molecular flexibility index (Phi) is 5.69. The first-order valence-electron chi connectivity index (χ1n) is 14.1. The second-order valence-electron chi connectivity index (χ2n) is 12.5. The molecule has 1 saturated carbocycles. The van der Waals surface area contributed by atoms with E-state index in [2.05, 4.69) is 19.9 Å². The van der Waals surface area contributed by atoms with Crippen molar-refractivity contribution >= 4 is 11.9 Å². The van der Waals surface area contributed by atoms with Gasteiger partial charge in [0.15, 0.2) is 6.29 Å². The van der Waals surface area contributed by atoms with Crippen molar-refractivity contribution in [1.29, 1.82) is 0 Å². The highest BCUT2D eigenvalue weighted by molar-refractivity contribution is 5.83. The minimum Gasteiger partial charge on any atom is -0.491 e. The molecule has 5 fully saturated rings. The third-order valence-electron chi connectivity index (χ3n) is 10.7. The lowest BCUT2D eigenvalue weighted by atomic mass is 9.52. The molecule has 0 aromatic heterocycles. The Bertz CT molecular complexity index is 1170. The molecule has 2 aliphatic carbocycles. The van der Waals surface area contributed by atoms with E-state index in [1.165, 1.54) is 12.2 Å². The first kappa shape index (κ1) is 25.7. The van der Waals surface area contributed by atoms with Gasteiger partial charge in [-0.05, 0) is 49.7 Å². The molecule has 2 N–H and O–H groups in total. The predicted octanol–water partition coefficient (Wildman–Crippen LogP) is 1.83. The fourth-order valence-corrected chi connectivity index (χ4v) is 8.36. The van der Waals surface area contributed by atoms with Crippen LogP contribution in [-0.4, -0.2) is 83.9 Å². The summed E-state index contributed by atoms with van der Waals surface area (Å²) >= 11 is 0. The lowest BCUT2D eigenvalue weighted by molar-refractivity contribution is -0.188. The van der Waals surface area contributed by atoms with E-state index in [1.54, 1.807) is 6.08 Å². The van der Waals surface area contributed by atoms with Crippen molar-refractivity contribution in [3.8, 4) is 0 Å². The maximum Gasteiger partial charge on any atom is 0.330 e. The molecule has 212 valence electrons. The monoisotopic (exact) mass is 544 g/mol. The Hall–Kier alpha value is -2.24. The lowest BCUT2D eigenvalue weighted by Crippen LogP contribution is -2.62. The van der Waals surface area contributed by atoms with Crippen LogP contribution in [0.1, 0.15) is 52.4 Å². The Balaban J connectivity index is 1.30. The zero-order chi connectivity index (χ0) is 27.2. The molecule has 10 nitrogen and oxygen atoms in total. The van der Waals surface area contributed by atoms with Crippen LogP contribution in [0.5, 0.6) is 0 Å². The summed E-state index contributed by atoms with van der Waals surface area (Å²) < 4.78 is 36.6. The van der Waals surface area contributed by atoms with Crippen LogP contribution in [0.25, 0.3) is 0 Å². The van der Waals surface area contributed by atoms with E-state index in [-0.39, 0.29) is 25.7 Å². The summed E-state index contributed by atoms with van der Waals surface area (Å²) in [6.45, 7) is 5.04. The van der Waals surface area contributed by atoms with Gasteiger partial charge in [0, 0.05) is 18.6 Å². The van der Waals surface area contributed by atoms with E-state index in [0.29, 0.717) is 43.8 Å². The summed E-state index contributed by atoms with van der Waals surface area (Å²) in [5, 5.41) is 21.2. The number of esters is 2. The number of ether oxygens (including phenoxy) is 6. The largest absolute Gasteiger partial charge is 0.491 e. The fraction of sp³-hybridized carbons (Fsp3) is 0.724. The molecule has 10 atom stereocenters. The summed E-state index contributed by atoms with van der Waals surface area (Å²) in [6.07, 6.45) is 5.45. The number of allylic oxidation sites excluding steroid dienone is 2. The molecule has 39 heavy (non-hydrogen) atoms. The molecule has 0 radical (unpaired) electrons. The summed E-state index contributed by atoms with van der Waals surface area (Å²) in [5.41, 5.74) is -2.61. The molecular weight excluding hydrogens is 508 g/mol. The third kappa shape index (κ3) is 3.38. The predicted molar refractivity (Wildman–Crippen MR) is 133 cm³/mol. The minimum absolute atomic E-state index is 0.0464. The standard InChI is InChI=1S/C29H36O10/c1-16-6-9-27-14-34-22(31)12-17-7-10-35-28(23(32)25(33)39-24(17)28)8-4-3-5-21(30)38-18-13-20(37-19(27)11-16)29(15-36-29)26(18,27)2/h3,5,11-12,16,18,20,23-25,32-33H,4,6-10,13-15H2,1-2H3/b5-3+,17-12-/t16-,18+,20+,23-,24-,25+,26+,27-,28-,29-/m1/s1. The van der Waals surface area contributed by atoms with E-state index in [4.69, 9.17) is 28.4 Å². The average Bonchev–Trinajstić information content (AvgIpc) is 3.64. The molecule has 0 unspecified atom stereocenters. The number of aliphatic hydroxyl groups is 2. The van der Waals surface area contributed by atoms with Gasteiger partial charge in [0.25, 0.3) is 0 Å². The number of cyclic esters (lactones) is 1. The van der Waals surface area contributed by atoms with Crippen molar-refractivity contribution < 1.29 is 48.2 Å². The molecular formula is C29H36O10. The van der Waals surface area contributed by atoms with E-state index in [9.17, 15) is 19.8 Å². The van der Waals surface area contributed by atoms with Gasteiger partial charge in [0.2, 0.25) is 0 Å². The molecule has 4 bridgehead atoms. The SMILES string of the molecule is C[C@H]1C=C2O[C@H]3C[C@@H]4OC(=O)/C=C/CC[C@]56OCC/C(=C/C(=O)OC[C@@]2(CC1)[C@@]4(C)[C@@]31CO1)[C@H]5O[C@H](O)[C@H]6O. The lowest BCUT2D eigenvalue weighted by Gasteiger charge is -2.56. The number of rotatable bonds is 0. The highest BCUT2D eigenvalue weighted by atomic mass is 16.7. The molecule has 0 aromatic rings. The Morgan fingerprint density at radius 2 is 1.85 bits per heavy atom. The number of carbonyl (C=O) groups excluding carboxylic acids is 2. The van der Waals surface area contributed by atoms with Gasteiger partial charge in [-0.3, -0.25) is 0 Å². The van der Waals surface area contributed by atoms with Gasteiger partial charge in [0.1, 0.15) is 48.0 Å². The van der Waals surface area contributed by atoms with Crippen LogP contribution in [0.4, 0.5) is 0 Å². The summed E-state index contributed by atoms with van der Waals surface area (Å²) in [6, 6.07) is 0. The van der Waals surface area contributed by atoms with Gasteiger partial charge in [-0.2, -0.15) is 0 Å². The van der Waals surface area contributed by atoms with Crippen molar-refractivity contribution in [3.05, 3.63) is 35.6 Å². The molecule has 4 saturated heterocycles. The third-order valence-corrected chi connectivity index (χ3v) is 10.7. The number of hydrogen-bond acceptors (Lipinski definition) is 10. The van der Waals surface area contributed by atoms with Crippen LogP contribution >= 0.6 is 0 Å². The van der Waals surface area contributed by atoms with E-state index >= 15 is 0 Å². The topological polar surface area (TPSA) is 133 Å². The van der Waals surface area contributed by atoms with Gasteiger partial charge in [0.05, 0.1) is 24.0 Å². The highest BCUT2D eigenvalue weighted by Gasteiger charge is 2.83. The first-order chi connectivity index (χ1) is 18.7. The first-order valence-corrected chi connectivity index (χ1v) is 14.1. The summed E-state index contributed by atoms with van der Waals surface area (Å²) in [5.74, 6) is 0.0854. The Labute approximate surface area is 226 Å². The summed E-state index contributed by atoms with van der Waals surface area (Å²) in [4.78, 5) is 26.5. The van der Waals surface area contributed by atoms with Crippen molar-refractivity contribution in [2.45, 2.75) is 94.3 Å². The Morgan fingerprint density at radius 1 is 1.03 bits per heavy atom. The van der Waals surface area contributed by atoms with Gasteiger partial charge < -0.3 is 38.6 Å². The smallest absolute Gasteiger partial charge is 0.330 e. The van der Waals surface area contributed by atoms with E-state index in [0.717, 1.165) is 12.2 Å². The van der Waals surface area contributed by atoms with Crippen LogP contribution in [0, 0.1) is 16.7 Å². The molecule has 0 aromatic carbocycles. The number of aliphatic hydroxyl groups excluding tert-OH is 2. The summed E-state index contributed by atoms with van der Waals surface area (Å²) in [7, 11) is 0. The quantitative estimate of drug-likeness (QED) is 0.344. The van der Waals surface area contributed by atoms with Crippen molar-refractivity contribution in [1.82, 2.24) is 0 Å². The van der Waals surface area contributed by atoms with Crippen molar-refractivity contribution in [3.63, 3.8) is 0 Å². The van der Waals surface area contributed by atoms with Crippen molar-refractivity contribution in [2.75, 3.05) is 19.8 Å². The fourth-order valence-electron chi connectivity index (χ4n) is 8.36. The normalized spacial score (nSPS) is 52.8. The highest BCUT2D eigenvalue weighted by Crippen LogP contribution is 2.73. The van der Waals surface area contributed by atoms with Crippen LogP contribution in [-0.2, 0) is 38.0 Å². The molecule has 5 heterocycles. The zero-order valence-electron chi connectivity index (χ0n) is 22.3. The molecule has 5 aliphatic heterocycles. The second kappa shape index (κ2) is 8.63. The second-order valence-corrected chi connectivity index (χ2v) is 12.5. The van der Waals surface area contributed by atoms with Gasteiger partial charge in [-0.25, -0.2) is 9.59 Å². The molecule has 7 rings (SSSR count). The van der Waals surface area contributed by atoms with Gasteiger partial charge >= 0.3 is 11.9 Å². The average molecular weight is 545 g/mol. The molecule has 10 heteroatoms. The number of epoxide rings is 1. The maximum atomic E-state index is 13.4. The molecule has 2 spiro atoms. The van der Waals surface area contributed by atoms with Gasteiger partial charge in [-0.1, -0.05) is 19.9 Å². The minimum atomic E-state index is -1.46. The van der Waals surface area contributed by atoms with E-state index < -0.39 is 58.6 Å².